The zero-order valence-electron chi connectivity index (χ0n) is 12.5. The van der Waals surface area contributed by atoms with E-state index in [0.717, 1.165) is 5.69 Å². The number of halogens is 2. The number of ether oxygens (including phenoxy) is 1. The fourth-order valence-corrected chi connectivity index (χ4v) is 3.18. The lowest BCUT2D eigenvalue weighted by atomic mass is 10.2. The van der Waals surface area contributed by atoms with Gasteiger partial charge in [-0.05, 0) is 35.0 Å². The normalized spacial score (nSPS) is 12.1. The minimum atomic E-state index is -0.536. The topological polar surface area (TPSA) is 74.8 Å². The maximum atomic E-state index is 13.8. The molecule has 3 aromatic rings. The quantitative estimate of drug-likeness (QED) is 0.490. The number of nitrogens with zero attached hydrogens (tertiary/aromatic N) is 5. The number of hydrogen-bond donors (Lipinski definition) is 0. The highest BCUT2D eigenvalue weighted by Gasteiger charge is 2.28. The van der Waals surface area contributed by atoms with E-state index in [-0.39, 0.29) is 18.1 Å². The summed E-state index contributed by atoms with van der Waals surface area (Å²) in [4.78, 5) is 16.4. The number of imidazole rings is 1. The van der Waals surface area contributed by atoms with Crippen LogP contribution in [0.1, 0.15) is 28.8 Å². The van der Waals surface area contributed by atoms with Crippen LogP contribution in [0, 0.1) is 5.82 Å². The molecule has 2 aromatic heterocycles. The maximum Gasteiger partial charge on any atom is 0.360 e. The van der Waals surface area contributed by atoms with Crippen molar-refractivity contribution in [3.63, 3.8) is 0 Å². The van der Waals surface area contributed by atoms with Gasteiger partial charge in [-0.2, -0.15) is 0 Å². The Bertz CT molecular complexity index is 965. The highest BCUT2D eigenvalue weighted by atomic mass is 79.9. The molecule has 0 unspecified atom stereocenters. The molecule has 0 radical (unpaired) electrons. The lowest BCUT2D eigenvalue weighted by molar-refractivity contribution is 0.0518. The van der Waals surface area contributed by atoms with Crippen molar-refractivity contribution in [2.45, 2.75) is 13.3 Å². The molecule has 0 N–H and O–H groups in total. The van der Waals surface area contributed by atoms with Crippen molar-refractivity contribution in [3.8, 4) is 11.4 Å². The molecule has 0 bridgehead atoms. The first-order valence-electron chi connectivity index (χ1n) is 7.24. The summed E-state index contributed by atoms with van der Waals surface area (Å²) < 4.78 is 22.7. The molecule has 0 saturated carbocycles. The Morgan fingerprint density at radius 1 is 1.38 bits per heavy atom. The smallest absolute Gasteiger partial charge is 0.360 e. The van der Waals surface area contributed by atoms with Gasteiger partial charge in [0.25, 0.3) is 0 Å². The van der Waals surface area contributed by atoms with E-state index in [1.165, 1.54) is 12.1 Å². The second-order valence-corrected chi connectivity index (χ2v) is 5.93. The molecular formula is C15H11BrFN5O2. The van der Waals surface area contributed by atoms with Gasteiger partial charge in [0.1, 0.15) is 16.7 Å². The van der Waals surface area contributed by atoms with Crippen LogP contribution in [0.2, 0.25) is 0 Å². The number of esters is 1. The van der Waals surface area contributed by atoms with Crippen molar-refractivity contribution in [1.29, 1.82) is 0 Å². The second kappa shape index (κ2) is 5.52. The van der Waals surface area contributed by atoms with Crippen molar-refractivity contribution >= 4 is 21.9 Å². The van der Waals surface area contributed by atoms with E-state index in [1.54, 1.807) is 28.6 Å². The fraction of sp³-hybridized carbons (Fsp3) is 0.200. The predicted molar refractivity (Wildman–Crippen MR) is 84.9 cm³/mol. The molecule has 0 saturated heterocycles. The minimum Gasteiger partial charge on any atom is -0.461 e. The lowest BCUT2D eigenvalue weighted by Crippen LogP contribution is -2.10. The van der Waals surface area contributed by atoms with E-state index in [9.17, 15) is 9.18 Å². The van der Waals surface area contributed by atoms with Crippen molar-refractivity contribution in [1.82, 2.24) is 24.5 Å². The van der Waals surface area contributed by atoms with Gasteiger partial charge in [-0.15, -0.1) is 5.10 Å². The molecule has 7 nitrogen and oxygen atoms in total. The van der Waals surface area contributed by atoms with Crippen LogP contribution in [0.3, 0.4) is 0 Å². The first-order chi connectivity index (χ1) is 11.6. The molecule has 0 spiro atoms. The Kier molecular flexibility index (Phi) is 3.45. The molecule has 3 heterocycles. The monoisotopic (exact) mass is 391 g/mol. The fourth-order valence-electron chi connectivity index (χ4n) is 2.76. The molecular weight excluding hydrogens is 381 g/mol. The lowest BCUT2D eigenvalue weighted by Gasteiger charge is -2.09. The molecule has 9 heteroatoms. The summed E-state index contributed by atoms with van der Waals surface area (Å²) in [5.74, 6) is -0.912. The van der Waals surface area contributed by atoms with E-state index in [1.807, 2.05) is 0 Å². The number of rotatable bonds is 2. The Labute approximate surface area is 144 Å². The van der Waals surface area contributed by atoms with Gasteiger partial charge >= 0.3 is 5.97 Å². The van der Waals surface area contributed by atoms with Crippen LogP contribution in [0.25, 0.3) is 11.4 Å². The molecule has 1 aliphatic rings. The number of hydrogen-bond acceptors (Lipinski definition) is 5. The van der Waals surface area contributed by atoms with Gasteiger partial charge < -0.3 is 4.74 Å². The largest absolute Gasteiger partial charge is 0.461 e. The van der Waals surface area contributed by atoms with E-state index in [4.69, 9.17) is 4.74 Å². The van der Waals surface area contributed by atoms with Crippen LogP contribution in [-0.2, 0) is 11.2 Å². The van der Waals surface area contributed by atoms with Crippen LogP contribution in [0.4, 0.5) is 4.39 Å². The van der Waals surface area contributed by atoms with Gasteiger partial charge in [0.05, 0.1) is 29.4 Å². The maximum absolute atomic E-state index is 13.8. The Hall–Kier alpha value is -2.55. The van der Waals surface area contributed by atoms with Gasteiger partial charge in [-0.1, -0.05) is 5.21 Å². The van der Waals surface area contributed by atoms with Crippen molar-refractivity contribution in [2.75, 3.05) is 6.61 Å². The third-order valence-electron chi connectivity index (χ3n) is 3.81. The summed E-state index contributed by atoms with van der Waals surface area (Å²) in [7, 11) is 0. The first-order valence-corrected chi connectivity index (χ1v) is 8.03. The van der Waals surface area contributed by atoms with Gasteiger partial charge in [0.2, 0.25) is 0 Å². The number of fused-ring (bicyclic) bond motifs is 5. The molecule has 1 aromatic carbocycles. The molecule has 122 valence electrons. The minimum absolute atomic E-state index is 0.147. The zero-order chi connectivity index (χ0) is 16.8. The molecule has 24 heavy (non-hydrogen) atoms. The Morgan fingerprint density at radius 3 is 3.00 bits per heavy atom. The number of benzene rings is 1. The molecule has 0 fully saturated rings. The molecule has 0 aliphatic carbocycles. The summed E-state index contributed by atoms with van der Waals surface area (Å²) in [5, 5.41) is 8.04. The second-order valence-electron chi connectivity index (χ2n) is 5.18. The summed E-state index contributed by atoms with van der Waals surface area (Å²) in [5.41, 5.74) is 2.67. The SMILES string of the molecule is CCOC(=O)c1nnn2c1Cc1c(Br)ncn1-c1cc(F)ccc1-2. The van der Waals surface area contributed by atoms with Crippen molar-refractivity contribution in [2.24, 2.45) is 0 Å². The van der Waals surface area contributed by atoms with Crippen LogP contribution in [-0.4, -0.2) is 37.1 Å². The van der Waals surface area contributed by atoms with Crippen molar-refractivity contribution in [3.05, 3.63) is 52.0 Å². The van der Waals surface area contributed by atoms with Crippen LogP contribution in [0.5, 0.6) is 0 Å². The van der Waals surface area contributed by atoms with Crippen LogP contribution >= 0.6 is 15.9 Å². The molecule has 4 rings (SSSR count). The molecule has 0 atom stereocenters. The predicted octanol–water partition coefficient (Wildman–Crippen LogP) is 2.44. The Morgan fingerprint density at radius 2 is 2.21 bits per heavy atom. The highest BCUT2D eigenvalue weighted by Crippen LogP contribution is 2.32. The summed E-state index contributed by atoms with van der Waals surface area (Å²) in [6, 6.07) is 4.33. The van der Waals surface area contributed by atoms with Crippen LogP contribution in [0.15, 0.2) is 29.1 Å². The van der Waals surface area contributed by atoms with Gasteiger partial charge in [0.15, 0.2) is 5.69 Å². The van der Waals surface area contributed by atoms with Crippen molar-refractivity contribution < 1.29 is 13.9 Å². The highest BCUT2D eigenvalue weighted by molar-refractivity contribution is 9.10. The summed E-state index contributed by atoms with van der Waals surface area (Å²) >= 11 is 3.40. The van der Waals surface area contributed by atoms with Gasteiger partial charge in [-0.3, -0.25) is 4.57 Å². The first kappa shape index (κ1) is 15.0. The summed E-state index contributed by atoms with van der Waals surface area (Å²) in [6.45, 7) is 1.97. The molecule has 0 amide bonds. The van der Waals surface area contributed by atoms with E-state index < -0.39 is 5.97 Å². The van der Waals surface area contributed by atoms with Crippen LogP contribution < -0.4 is 0 Å². The molecule has 1 aliphatic heterocycles. The van der Waals surface area contributed by atoms with Gasteiger partial charge in [0, 0.05) is 12.5 Å². The van der Waals surface area contributed by atoms with E-state index >= 15 is 0 Å². The number of carbonyl (C=O) groups is 1. The van der Waals surface area contributed by atoms with Gasteiger partial charge in [-0.25, -0.2) is 18.9 Å². The standard InChI is InChI=1S/C15H11BrFN5O2/c1-2-24-15(23)13-11-6-12-14(16)18-7-21(12)10-5-8(17)3-4-9(10)22(11)20-19-13/h3-5,7H,2,6H2,1H3. The summed E-state index contributed by atoms with van der Waals surface area (Å²) in [6.07, 6.45) is 1.94. The Balaban J connectivity index is 2.00. The number of aromatic nitrogens is 5. The van der Waals surface area contributed by atoms with E-state index in [0.29, 0.717) is 28.1 Å². The number of carbonyl (C=O) groups excluding carboxylic acids is 1. The van der Waals surface area contributed by atoms with E-state index in [2.05, 4.69) is 31.2 Å². The third-order valence-corrected chi connectivity index (χ3v) is 4.47. The average molecular weight is 392 g/mol. The average Bonchev–Trinajstić information content (AvgIpc) is 3.10. The zero-order valence-corrected chi connectivity index (χ0v) is 14.1. The third kappa shape index (κ3) is 2.15.